The minimum absolute atomic E-state index is 0.107. The highest BCUT2D eigenvalue weighted by Crippen LogP contribution is 2.61. The average Bonchev–Trinajstić information content (AvgIpc) is 2.45. The molecule has 0 N–H and O–H groups in total. The van der Waals surface area contributed by atoms with Gasteiger partial charge in [-0.25, -0.2) is 0 Å². The van der Waals surface area contributed by atoms with Crippen LogP contribution in [0.15, 0.2) is 221 Å². The first-order valence-corrected chi connectivity index (χ1v) is 30.0. The molecular formula is C81H64O2. The first-order valence-electron chi connectivity index (χ1n) is 30.0. The van der Waals surface area contributed by atoms with Crippen molar-refractivity contribution in [3.8, 4) is 66.8 Å². The lowest BCUT2D eigenvalue weighted by molar-refractivity contribution is 0.647. The molecule has 0 saturated carbocycles. The Bertz CT molecular complexity index is 4950. The normalized spacial score (nSPS) is 16.1. The summed E-state index contributed by atoms with van der Waals surface area (Å²) < 4.78 is 13.5. The van der Waals surface area contributed by atoms with E-state index >= 15 is 0 Å². The molecule has 83 heavy (non-hydrogen) atoms. The fourth-order valence-corrected chi connectivity index (χ4v) is 16.2. The van der Waals surface area contributed by atoms with E-state index in [0.717, 1.165) is 35.2 Å². The molecule has 1 unspecified atom stereocenters. The number of furan rings is 2. The van der Waals surface area contributed by atoms with Crippen molar-refractivity contribution in [2.75, 3.05) is 0 Å². The number of para-hydroxylation sites is 2. The maximum atomic E-state index is 6.79. The van der Waals surface area contributed by atoms with Gasteiger partial charge in [0.1, 0.15) is 22.3 Å². The Hall–Kier alpha value is -8.98. The first kappa shape index (κ1) is 48.7. The summed E-state index contributed by atoms with van der Waals surface area (Å²) >= 11 is 0. The zero-order valence-electron chi connectivity index (χ0n) is 48.5. The summed E-state index contributed by atoms with van der Waals surface area (Å²) in [5, 5.41) is 4.73. The van der Waals surface area contributed by atoms with Crippen LogP contribution in [0.2, 0.25) is 0 Å². The molecule has 0 bridgehead atoms. The number of benzene rings is 11. The van der Waals surface area contributed by atoms with Gasteiger partial charge in [-0.1, -0.05) is 225 Å². The summed E-state index contributed by atoms with van der Waals surface area (Å²) in [6.07, 6.45) is 1.88. The summed E-state index contributed by atoms with van der Waals surface area (Å²) in [7, 11) is 0. The van der Waals surface area contributed by atoms with E-state index in [2.05, 4.69) is 268 Å². The summed E-state index contributed by atoms with van der Waals surface area (Å²) in [6, 6.07) is 80.6. The molecule has 2 heterocycles. The van der Waals surface area contributed by atoms with Crippen molar-refractivity contribution in [3.63, 3.8) is 0 Å². The van der Waals surface area contributed by atoms with Crippen LogP contribution in [0.4, 0.5) is 0 Å². The molecule has 13 aromatic rings. The maximum absolute atomic E-state index is 6.79. The van der Waals surface area contributed by atoms with Crippen LogP contribution < -0.4 is 0 Å². The molecule has 4 aliphatic carbocycles. The van der Waals surface area contributed by atoms with Crippen LogP contribution in [-0.4, -0.2) is 0 Å². The van der Waals surface area contributed by atoms with Crippen LogP contribution in [0, 0.1) is 0 Å². The summed E-state index contributed by atoms with van der Waals surface area (Å²) in [4.78, 5) is 0. The molecular weight excluding hydrogens is 1000 g/mol. The largest absolute Gasteiger partial charge is 0.455 e. The van der Waals surface area contributed by atoms with Crippen LogP contribution in [0.3, 0.4) is 0 Å². The van der Waals surface area contributed by atoms with Crippen LogP contribution in [0.1, 0.15) is 129 Å². The van der Waals surface area contributed by atoms with Crippen molar-refractivity contribution in [1.82, 2.24) is 0 Å². The smallest absolute Gasteiger partial charge is 0.143 e. The van der Waals surface area contributed by atoms with Crippen molar-refractivity contribution in [2.45, 2.75) is 95.8 Å². The number of rotatable bonds is 7. The van der Waals surface area contributed by atoms with Gasteiger partial charge >= 0.3 is 0 Å². The van der Waals surface area contributed by atoms with Crippen molar-refractivity contribution < 1.29 is 8.83 Å². The summed E-state index contributed by atoms with van der Waals surface area (Å²) in [5.74, 6) is 0.107. The van der Waals surface area contributed by atoms with Gasteiger partial charge in [-0.05, 0) is 172 Å². The van der Waals surface area contributed by atoms with Gasteiger partial charge in [0.2, 0.25) is 0 Å². The lowest BCUT2D eigenvalue weighted by atomic mass is 9.77. The van der Waals surface area contributed by atoms with E-state index in [4.69, 9.17) is 8.83 Å². The minimum atomic E-state index is -0.246. The van der Waals surface area contributed by atoms with Gasteiger partial charge in [-0.15, -0.1) is 0 Å². The molecule has 2 aromatic heterocycles. The second-order valence-corrected chi connectivity index (χ2v) is 26.6. The predicted molar refractivity (Wildman–Crippen MR) is 345 cm³/mol. The topological polar surface area (TPSA) is 26.3 Å². The molecule has 2 nitrogen and oxygen atoms in total. The van der Waals surface area contributed by atoms with Gasteiger partial charge in [-0.2, -0.15) is 0 Å². The molecule has 17 rings (SSSR count). The molecule has 1 atom stereocenters. The molecule has 0 amide bonds. The Kier molecular flexibility index (Phi) is 9.87. The second-order valence-electron chi connectivity index (χ2n) is 26.6. The van der Waals surface area contributed by atoms with E-state index in [-0.39, 0.29) is 27.6 Å². The molecule has 400 valence electrons. The van der Waals surface area contributed by atoms with Crippen molar-refractivity contribution >= 4 is 43.9 Å². The van der Waals surface area contributed by atoms with Crippen molar-refractivity contribution in [3.05, 3.63) is 274 Å². The Morgan fingerprint density at radius 2 is 0.771 bits per heavy atom. The van der Waals surface area contributed by atoms with Crippen molar-refractivity contribution in [2.24, 2.45) is 0 Å². The number of aryl methyl sites for hydroxylation is 1. The van der Waals surface area contributed by atoms with Gasteiger partial charge in [0.15, 0.2) is 0 Å². The Morgan fingerprint density at radius 3 is 1.34 bits per heavy atom. The second kappa shape index (κ2) is 16.8. The van der Waals surface area contributed by atoms with E-state index in [1.165, 1.54) is 150 Å². The van der Waals surface area contributed by atoms with E-state index in [1.807, 2.05) is 0 Å². The molecule has 0 spiro atoms. The molecule has 0 aliphatic heterocycles. The fraction of sp³-hybridized carbons (Fsp3) is 0.185. The lowest BCUT2D eigenvalue weighted by Gasteiger charge is -2.26. The first-order chi connectivity index (χ1) is 40.2. The van der Waals surface area contributed by atoms with Crippen LogP contribution in [0.5, 0.6) is 0 Å². The maximum Gasteiger partial charge on any atom is 0.143 e. The fourth-order valence-electron chi connectivity index (χ4n) is 16.2. The Labute approximate surface area is 486 Å². The molecule has 4 aliphatic rings. The monoisotopic (exact) mass is 1070 g/mol. The highest BCUT2D eigenvalue weighted by Gasteiger charge is 2.45. The van der Waals surface area contributed by atoms with Crippen LogP contribution in [0.25, 0.3) is 111 Å². The number of fused-ring (bicyclic) bond motifs is 20. The van der Waals surface area contributed by atoms with E-state index in [0.29, 0.717) is 0 Å². The van der Waals surface area contributed by atoms with Gasteiger partial charge in [0, 0.05) is 60.2 Å². The highest BCUT2D eigenvalue weighted by molar-refractivity contribution is 6.13. The average molecular weight is 1070 g/mol. The Balaban J connectivity index is 0.774. The third-order valence-corrected chi connectivity index (χ3v) is 20.8. The third-order valence-electron chi connectivity index (χ3n) is 20.8. The lowest BCUT2D eigenvalue weighted by Crippen LogP contribution is -2.17. The van der Waals surface area contributed by atoms with E-state index in [1.54, 1.807) is 0 Å². The van der Waals surface area contributed by atoms with E-state index in [9.17, 15) is 0 Å². The summed E-state index contributed by atoms with van der Waals surface area (Å²) in [5.41, 5.74) is 33.8. The molecule has 0 saturated heterocycles. The van der Waals surface area contributed by atoms with Gasteiger partial charge < -0.3 is 8.83 Å². The third kappa shape index (κ3) is 6.67. The molecule has 0 radical (unpaired) electrons. The highest BCUT2D eigenvalue weighted by atomic mass is 16.3. The molecule has 2 heteroatoms. The molecule has 11 aromatic carbocycles. The minimum Gasteiger partial charge on any atom is -0.455 e. The van der Waals surface area contributed by atoms with Crippen LogP contribution in [-0.2, 0) is 28.1 Å². The van der Waals surface area contributed by atoms with Gasteiger partial charge in [-0.3, -0.25) is 0 Å². The predicted octanol–water partition coefficient (Wildman–Crippen LogP) is 21.8. The Morgan fingerprint density at radius 1 is 0.313 bits per heavy atom. The molecule has 0 fully saturated rings. The zero-order chi connectivity index (χ0) is 56.1. The van der Waals surface area contributed by atoms with Crippen molar-refractivity contribution in [1.29, 1.82) is 0 Å². The SMILES string of the molecule is CC1(C)c2cc(CCC(c3ccc4c(c3)C(C)(C)c3cc5c(cc3-4)C(C)(C)c3ccc4c(oc6ccccc64)c3-5)c3ccc(-c4ccccc4)cc3-c3ccccc3)ccc2-c2cc3c(cc21)-c1c(ccc2c1oc1ccccc12)C3(C)C. The zero-order valence-corrected chi connectivity index (χ0v) is 48.5. The standard InChI is InChI=1S/C81H64O2/c1-78(2)64-37-35-57-55-23-15-17-25-72(55)82-76(57)74(64)62-44-68-60(42-70(62)78)53-32-28-46(39-66(53)80(68,5)6)27-31-51(52-33-29-49(47-19-11-9-12-20-47)40-59(52)48-21-13-10-14-22-48)50-30-34-54-61-43-71-63(45-69(61)81(7,8)67(54)41-50)75-65(79(71,3)4)38-36-58-56-24-16-18-26-73(56)83-77(58)75/h9-26,28-30,32-45,51H,27,31H2,1-8H3. The van der Waals surface area contributed by atoms with Gasteiger partial charge in [0.05, 0.1) is 0 Å². The van der Waals surface area contributed by atoms with Gasteiger partial charge in [0.25, 0.3) is 0 Å². The number of hydrogen-bond donors (Lipinski definition) is 0. The number of hydrogen-bond acceptors (Lipinski definition) is 2. The quantitative estimate of drug-likeness (QED) is 0.159. The summed E-state index contributed by atoms with van der Waals surface area (Å²) in [6.45, 7) is 19.4. The van der Waals surface area contributed by atoms with Crippen LogP contribution >= 0.6 is 0 Å². The van der Waals surface area contributed by atoms with E-state index < -0.39 is 0 Å².